The normalized spacial score (nSPS) is 17.7. The van der Waals surface area contributed by atoms with Crippen LogP contribution in [0.4, 0.5) is 0 Å². The first-order chi connectivity index (χ1) is 11.7. The molecule has 1 saturated heterocycles. The maximum absolute atomic E-state index is 10.2. The van der Waals surface area contributed by atoms with Crippen LogP contribution in [0.2, 0.25) is 0 Å². The van der Waals surface area contributed by atoms with Crippen molar-refractivity contribution in [2.24, 2.45) is 0 Å². The van der Waals surface area contributed by atoms with E-state index < -0.39 is 6.10 Å². The van der Waals surface area contributed by atoms with Gasteiger partial charge in [0.05, 0.1) is 6.61 Å². The number of benzene rings is 1. The monoisotopic (exact) mass is 336 g/mol. The van der Waals surface area contributed by atoms with Crippen molar-refractivity contribution in [2.45, 2.75) is 38.3 Å². The largest absolute Gasteiger partial charge is 0.491 e. The Morgan fingerprint density at radius 1 is 1.21 bits per heavy atom. The van der Waals surface area contributed by atoms with Crippen molar-refractivity contribution in [3.05, 3.63) is 29.8 Å². The fraction of sp³-hybridized carbons (Fsp3) is 0.684. The molecule has 0 spiro atoms. The minimum atomic E-state index is -0.455. The number of nitrogens with zero attached hydrogens (tertiary/aromatic N) is 2. The van der Waals surface area contributed by atoms with Crippen LogP contribution in [0.3, 0.4) is 0 Å². The summed E-state index contributed by atoms with van der Waals surface area (Å²) in [5, 5.41) is 19.2. The first-order valence-corrected chi connectivity index (χ1v) is 9.09. The van der Waals surface area contributed by atoms with Crippen LogP contribution in [-0.2, 0) is 6.54 Å². The standard InChI is InChI=1S/C19H32N2O3/c1-20(11-12-22)14-17-7-6-8-19(13-17)24-16-18(23)15-21-9-4-2-3-5-10-21/h6-8,13,18,22-23H,2-5,9-12,14-16H2,1H3/t18-/m0/s1. The highest BCUT2D eigenvalue weighted by Crippen LogP contribution is 2.15. The Morgan fingerprint density at radius 3 is 2.67 bits per heavy atom. The zero-order valence-corrected chi connectivity index (χ0v) is 14.9. The molecule has 1 aromatic rings. The molecule has 5 nitrogen and oxygen atoms in total. The van der Waals surface area contributed by atoms with Crippen LogP contribution in [0.5, 0.6) is 5.75 Å². The topological polar surface area (TPSA) is 56.2 Å². The van der Waals surface area contributed by atoms with Crippen molar-refractivity contribution < 1.29 is 14.9 Å². The van der Waals surface area contributed by atoms with E-state index in [1.165, 1.54) is 25.7 Å². The summed E-state index contributed by atoms with van der Waals surface area (Å²) in [4.78, 5) is 4.41. The molecule has 0 unspecified atom stereocenters. The van der Waals surface area contributed by atoms with E-state index in [0.717, 1.165) is 30.9 Å². The van der Waals surface area contributed by atoms with E-state index in [-0.39, 0.29) is 6.61 Å². The first-order valence-electron chi connectivity index (χ1n) is 9.09. The van der Waals surface area contributed by atoms with Gasteiger partial charge in [-0.2, -0.15) is 0 Å². The molecule has 1 aromatic carbocycles. The maximum atomic E-state index is 10.2. The highest BCUT2D eigenvalue weighted by atomic mass is 16.5. The number of ether oxygens (including phenoxy) is 1. The van der Waals surface area contributed by atoms with Gasteiger partial charge in [-0.05, 0) is 50.7 Å². The quantitative estimate of drug-likeness (QED) is 0.719. The third-order valence-corrected chi connectivity index (χ3v) is 4.44. The van der Waals surface area contributed by atoms with Crippen LogP contribution in [0.1, 0.15) is 31.2 Å². The summed E-state index contributed by atoms with van der Waals surface area (Å²) < 4.78 is 5.78. The maximum Gasteiger partial charge on any atom is 0.119 e. The van der Waals surface area contributed by atoms with Gasteiger partial charge in [0.2, 0.25) is 0 Å². The van der Waals surface area contributed by atoms with Crippen molar-refractivity contribution in [1.29, 1.82) is 0 Å². The van der Waals surface area contributed by atoms with Gasteiger partial charge >= 0.3 is 0 Å². The molecule has 0 aromatic heterocycles. The molecular weight excluding hydrogens is 304 g/mol. The average molecular weight is 336 g/mol. The molecule has 0 aliphatic carbocycles. The van der Waals surface area contributed by atoms with Crippen LogP contribution in [-0.4, -0.2) is 72.6 Å². The fourth-order valence-corrected chi connectivity index (χ4v) is 3.16. The molecule has 0 radical (unpaired) electrons. The van der Waals surface area contributed by atoms with Gasteiger partial charge in [-0.15, -0.1) is 0 Å². The first kappa shape index (κ1) is 19.2. The number of rotatable bonds is 9. The smallest absolute Gasteiger partial charge is 0.119 e. The summed E-state index contributed by atoms with van der Waals surface area (Å²) in [7, 11) is 1.98. The van der Waals surface area contributed by atoms with Gasteiger partial charge < -0.3 is 19.8 Å². The Hall–Kier alpha value is -1.14. The molecule has 24 heavy (non-hydrogen) atoms. The molecular formula is C19H32N2O3. The number of aliphatic hydroxyl groups excluding tert-OH is 2. The van der Waals surface area contributed by atoms with Crippen LogP contribution < -0.4 is 4.74 Å². The zero-order valence-electron chi connectivity index (χ0n) is 14.9. The molecule has 0 saturated carbocycles. The lowest BCUT2D eigenvalue weighted by Crippen LogP contribution is -2.36. The number of β-amino-alcohol motifs (C(OH)–C–C–N with tert-alkyl or cyclic N) is 1. The highest BCUT2D eigenvalue weighted by molar-refractivity contribution is 5.28. The summed E-state index contributed by atoms with van der Waals surface area (Å²) >= 11 is 0. The van der Waals surface area contributed by atoms with E-state index in [9.17, 15) is 5.11 Å². The van der Waals surface area contributed by atoms with Gasteiger partial charge in [0.25, 0.3) is 0 Å². The minimum Gasteiger partial charge on any atom is -0.491 e. The second kappa shape index (κ2) is 10.7. The molecule has 1 fully saturated rings. The predicted molar refractivity (Wildman–Crippen MR) is 96.3 cm³/mol. The molecule has 0 bridgehead atoms. The van der Waals surface area contributed by atoms with Crippen LogP contribution in [0.15, 0.2) is 24.3 Å². The average Bonchev–Trinajstić information content (AvgIpc) is 2.82. The lowest BCUT2D eigenvalue weighted by atomic mass is 10.2. The Kier molecular flexibility index (Phi) is 8.53. The third-order valence-electron chi connectivity index (χ3n) is 4.44. The van der Waals surface area contributed by atoms with E-state index in [4.69, 9.17) is 9.84 Å². The Labute approximate surface area is 145 Å². The van der Waals surface area contributed by atoms with Crippen molar-refractivity contribution in [2.75, 3.05) is 46.4 Å². The minimum absolute atomic E-state index is 0.162. The lowest BCUT2D eigenvalue weighted by Gasteiger charge is -2.23. The van der Waals surface area contributed by atoms with Gasteiger partial charge in [-0.1, -0.05) is 25.0 Å². The number of hydrogen-bond donors (Lipinski definition) is 2. The van der Waals surface area contributed by atoms with E-state index >= 15 is 0 Å². The van der Waals surface area contributed by atoms with Crippen LogP contribution in [0.25, 0.3) is 0 Å². The molecule has 1 atom stereocenters. The molecule has 2 N–H and O–H groups in total. The summed E-state index contributed by atoms with van der Waals surface area (Å²) in [5.74, 6) is 0.791. The summed E-state index contributed by atoms with van der Waals surface area (Å²) in [6, 6.07) is 7.95. The molecule has 1 heterocycles. The van der Waals surface area contributed by atoms with Crippen molar-refractivity contribution in [1.82, 2.24) is 9.80 Å². The van der Waals surface area contributed by atoms with Crippen molar-refractivity contribution in [3.63, 3.8) is 0 Å². The predicted octanol–water partition coefficient (Wildman–Crippen LogP) is 1.73. The van der Waals surface area contributed by atoms with Crippen molar-refractivity contribution in [3.8, 4) is 5.75 Å². The van der Waals surface area contributed by atoms with Gasteiger partial charge in [-0.3, -0.25) is 4.90 Å². The lowest BCUT2D eigenvalue weighted by molar-refractivity contribution is 0.0693. The Bertz CT molecular complexity index is 462. The van der Waals surface area contributed by atoms with Gasteiger partial charge in [0.15, 0.2) is 0 Å². The molecule has 1 aliphatic heterocycles. The summed E-state index contributed by atoms with van der Waals surface area (Å²) in [6.45, 7) is 4.78. The Balaban J connectivity index is 1.76. The summed E-state index contributed by atoms with van der Waals surface area (Å²) in [5.41, 5.74) is 1.14. The summed E-state index contributed by atoms with van der Waals surface area (Å²) in [6.07, 6.45) is 4.62. The second-order valence-electron chi connectivity index (χ2n) is 6.79. The zero-order chi connectivity index (χ0) is 17.2. The van der Waals surface area contributed by atoms with E-state index in [1.54, 1.807) is 0 Å². The van der Waals surface area contributed by atoms with Crippen LogP contribution in [0, 0.1) is 0 Å². The third kappa shape index (κ3) is 7.18. The van der Waals surface area contributed by atoms with E-state index in [0.29, 0.717) is 19.7 Å². The van der Waals surface area contributed by atoms with Gasteiger partial charge in [-0.25, -0.2) is 0 Å². The second-order valence-corrected chi connectivity index (χ2v) is 6.79. The van der Waals surface area contributed by atoms with Gasteiger partial charge in [0.1, 0.15) is 18.5 Å². The van der Waals surface area contributed by atoms with Gasteiger partial charge in [0, 0.05) is 19.6 Å². The molecule has 0 amide bonds. The van der Waals surface area contributed by atoms with Crippen LogP contribution >= 0.6 is 0 Å². The van der Waals surface area contributed by atoms with Crippen molar-refractivity contribution >= 4 is 0 Å². The SMILES string of the molecule is CN(CCO)Cc1cccc(OC[C@@H](O)CN2CCCCCC2)c1. The molecule has 5 heteroatoms. The number of likely N-dealkylation sites (tertiary alicyclic amines) is 1. The fourth-order valence-electron chi connectivity index (χ4n) is 3.16. The van der Waals surface area contributed by atoms with E-state index in [2.05, 4.69) is 9.80 Å². The molecule has 2 rings (SSSR count). The Morgan fingerprint density at radius 2 is 1.96 bits per heavy atom. The molecule has 1 aliphatic rings. The number of likely N-dealkylation sites (N-methyl/N-ethyl adjacent to an activating group) is 1. The number of aliphatic hydroxyl groups is 2. The number of hydrogen-bond acceptors (Lipinski definition) is 5. The van der Waals surface area contributed by atoms with E-state index in [1.807, 2.05) is 31.3 Å². The molecule has 136 valence electrons. The highest BCUT2D eigenvalue weighted by Gasteiger charge is 2.14.